The van der Waals surface area contributed by atoms with Crippen LogP contribution in [0.15, 0.2) is 58.3 Å². The second kappa shape index (κ2) is 3.32. The molecule has 0 saturated carbocycles. The van der Waals surface area contributed by atoms with Gasteiger partial charge in [0.05, 0.1) is 21.2 Å². The first-order valence-electron chi connectivity index (χ1n) is 5.10. The number of hydrazine groups is 1. The third-order valence-corrected chi connectivity index (χ3v) is 4.68. The molecule has 0 fully saturated rings. The lowest BCUT2D eigenvalue weighted by atomic mass is 10.2. The van der Waals surface area contributed by atoms with E-state index in [1.54, 1.807) is 48.5 Å². The van der Waals surface area contributed by atoms with Crippen molar-refractivity contribution in [3.63, 3.8) is 0 Å². The monoisotopic (exact) mass is 246 g/mol. The van der Waals surface area contributed by atoms with Crippen LogP contribution in [0.3, 0.4) is 0 Å². The molecule has 2 N–H and O–H groups in total. The van der Waals surface area contributed by atoms with Crippen molar-refractivity contribution in [1.82, 2.24) is 0 Å². The van der Waals surface area contributed by atoms with Gasteiger partial charge in [0.25, 0.3) is 0 Å². The lowest BCUT2D eigenvalue weighted by Crippen LogP contribution is -2.31. The molecule has 1 heterocycles. The Hall–Kier alpha value is -1.85. The van der Waals surface area contributed by atoms with Crippen molar-refractivity contribution in [3.8, 4) is 0 Å². The molecule has 0 unspecified atom stereocenters. The van der Waals surface area contributed by atoms with E-state index in [2.05, 4.69) is 0 Å². The van der Waals surface area contributed by atoms with Crippen LogP contribution in [-0.2, 0) is 9.84 Å². The van der Waals surface area contributed by atoms with Gasteiger partial charge in [-0.1, -0.05) is 24.3 Å². The van der Waals surface area contributed by atoms with Crippen LogP contribution >= 0.6 is 0 Å². The SMILES string of the molecule is NN1c2ccccc2S(=O)(=O)c2ccccc21. The van der Waals surface area contributed by atoms with Gasteiger partial charge in [0.1, 0.15) is 0 Å². The standard InChI is InChI=1S/C12H10N2O2S/c13-14-9-5-1-3-7-11(9)17(15,16)12-8-4-2-6-10(12)14/h1-8H,13H2. The van der Waals surface area contributed by atoms with Crippen molar-refractivity contribution < 1.29 is 8.42 Å². The Balaban J connectivity index is 2.42. The van der Waals surface area contributed by atoms with Gasteiger partial charge in [-0.15, -0.1) is 0 Å². The van der Waals surface area contributed by atoms with Crippen LogP contribution in [0.4, 0.5) is 11.4 Å². The second-order valence-electron chi connectivity index (χ2n) is 3.81. The Morgan fingerprint density at radius 1 is 0.824 bits per heavy atom. The summed E-state index contributed by atoms with van der Waals surface area (Å²) >= 11 is 0. The fourth-order valence-corrected chi connectivity index (χ4v) is 3.65. The number of hydrogen-bond acceptors (Lipinski definition) is 4. The third-order valence-electron chi connectivity index (χ3n) is 2.83. The zero-order valence-corrected chi connectivity index (χ0v) is 9.68. The molecule has 2 aromatic rings. The van der Waals surface area contributed by atoms with Crippen LogP contribution in [0.5, 0.6) is 0 Å². The number of fused-ring (bicyclic) bond motifs is 2. The molecule has 0 amide bonds. The topological polar surface area (TPSA) is 63.4 Å². The molecule has 1 aliphatic heterocycles. The Morgan fingerprint density at radius 3 is 1.71 bits per heavy atom. The van der Waals surface area contributed by atoms with Crippen molar-refractivity contribution in [2.45, 2.75) is 9.79 Å². The van der Waals surface area contributed by atoms with Crippen molar-refractivity contribution >= 4 is 21.2 Å². The van der Waals surface area contributed by atoms with E-state index in [4.69, 9.17) is 5.84 Å². The van der Waals surface area contributed by atoms with Gasteiger partial charge in [0.2, 0.25) is 9.84 Å². The van der Waals surface area contributed by atoms with Crippen LogP contribution in [-0.4, -0.2) is 8.42 Å². The maximum atomic E-state index is 12.4. The Labute approximate surface area is 99.2 Å². The van der Waals surface area contributed by atoms with Crippen molar-refractivity contribution in [1.29, 1.82) is 0 Å². The van der Waals surface area contributed by atoms with E-state index in [1.807, 2.05) is 0 Å². The molecule has 0 spiro atoms. The molecule has 2 aromatic carbocycles. The van der Waals surface area contributed by atoms with Gasteiger partial charge >= 0.3 is 0 Å². The number of para-hydroxylation sites is 2. The van der Waals surface area contributed by atoms with Crippen LogP contribution in [0.1, 0.15) is 0 Å². The zero-order chi connectivity index (χ0) is 12.0. The lowest BCUT2D eigenvalue weighted by molar-refractivity contribution is 0.594. The van der Waals surface area contributed by atoms with Gasteiger partial charge in [0.15, 0.2) is 0 Å². The predicted octanol–water partition coefficient (Wildman–Crippen LogP) is 1.84. The third kappa shape index (κ3) is 1.30. The molecule has 1 aliphatic rings. The highest BCUT2D eigenvalue weighted by Crippen LogP contribution is 2.41. The molecule has 0 aliphatic carbocycles. The number of hydrogen-bond donors (Lipinski definition) is 1. The summed E-state index contributed by atoms with van der Waals surface area (Å²) in [6.45, 7) is 0. The first-order chi connectivity index (χ1) is 8.12. The van der Waals surface area contributed by atoms with E-state index in [9.17, 15) is 8.42 Å². The molecule has 0 aromatic heterocycles. The highest BCUT2D eigenvalue weighted by molar-refractivity contribution is 7.92. The molecule has 4 nitrogen and oxygen atoms in total. The highest BCUT2D eigenvalue weighted by Gasteiger charge is 2.32. The number of sulfone groups is 1. The van der Waals surface area contributed by atoms with Gasteiger partial charge in [-0.2, -0.15) is 0 Å². The molecular weight excluding hydrogens is 236 g/mol. The van der Waals surface area contributed by atoms with Crippen LogP contribution in [0.2, 0.25) is 0 Å². The molecule has 86 valence electrons. The quantitative estimate of drug-likeness (QED) is 0.720. The van der Waals surface area contributed by atoms with Gasteiger partial charge in [-0.25, -0.2) is 14.3 Å². The minimum absolute atomic E-state index is 0.251. The smallest absolute Gasteiger partial charge is 0.210 e. The first kappa shape index (κ1) is 10.3. The summed E-state index contributed by atoms with van der Waals surface area (Å²) in [7, 11) is -3.46. The zero-order valence-electron chi connectivity index (χ0n) is 8.87. The molecular formula is C12H10N2O2S. The van der Waals surface area contributed by atoms with Gasteiger partial charge in [-0.05, 0) is 24.3 Å². The highest BCUT2D eigenvalue weighted by atomic mass is 32.2. The normalized spacial score (nSPS) is 16.2. The molecule has 3 rings (SSSR count). The van der Waals surface area contributed by atoms with Gasteiger partial charge in [0, 0.05) is 0 Å². The lowest BCUT2D eigenvalue weighted by Gasteiger charge is -2.28. The van der Waals surface area contributed by atoms with Crippen molar-refractivity contribution in [2.75, 3.05) is 5.01 Å². The van der Waals surface area contributed by atoms with E-state index in [-0.39, 0.29) is 9.79 Å². The summed E-state index contributed by atoms with van der Waals surface area (Å²) in [6.07, 6.45) is 0. The summed E-state index contributed by atoms with van der Waals surface area (Å²) in [5.74, 6) is 5.95. The van der Waals surface area contributed by atoms with E-state index < -0.39 is 9.84 Å². The number of rotatable bonds is 0. The average Bonchev–Trinajstić information content (AvgIpc) is 2.37. The second-order valence-corrected chi connectivity index (χ2v) is 5.70. The van der Waals surface area contributed by atoms with Crippen molar-refractivity contribution in [2.24, 2.45) is 5.84 Å². The fraction of sp³-hybridized carbons (Fsp3) is 0. The van der Waals surface area contributed by atoms with Gasteiger partial charge in [-0.3, -0.25) is 5.01 Å². The van der Waals surface area contributed by atoms with Crippen LogP contribution < -0.4 is 10.9 Å². The summed E-state index contributed by atoms with van der Waals surface area (Å²) in [5, 5.41) is 1.41. The maximum absolute atomic E-state index is 12.4. The molecule has 0 atom stereocenters. The summed E-state index contributed by atoms with van der Waals surface area (Å²) in [4.78, 5) is 0.502. The molecule has 0 saturated heterocycles. The maximum Gasteiger partial charge on any atom is 0.210 e. The minimum Gasteiger partial charge on any atom is -0.277 e. The minimum atomic E-state index is -3.46. The van der Waals surface area contributed by atoms with Crippen molar-refractivity contribution in [3.05, 3.63) is 48.5 Å². The number of benzene rings is 2. The van der Waals surface area contributed by atoms with Crippen LogP contribution in [0, 0.1) is 0 Å². The number of nitrogens with two attached hydrogens (primary N) is 1. The van der Waals surface area contributed by atoms with Crippen LogP contribution in [0.25, 0.3) is 0 Å². The molecule has 0 radical (unpaired) electrons. The Bertz CT molecular complexity index is 642. The predicted molar refractivity (Wildman–Crippen MR) is 64.7 cm³/mol. The Morgan fingerprint density at radius 2 is 1.24 bits per heavy atom. The molecule has 17 heavy (non-hydrogen) atoms. The fourth-order valence-electron chi connectivity index (χ4n) is 2.02. The first-order valence-corrected chi connectivity index (χ1v) is 6.58. The average molecular weight is 246 g/mol. The van der Waals surface area contributed by atoms with E-state index >= 15 is 0 Å². The number of nitrogens with zero attached hydrogens (tertiary/aromatic N) is 1. The number of anilines is 2. The van der Waals surface area contributed by atoms with E-state index in [0.717, 1.165) is 0 Å². The van der Waals surface area contributed by atoms with E-state index in [0.29, 0.717) is 11.4 Å². The summed E-state index contributed by atoms with van der Waals surface area (Å²) in [5.41, 5.74) is 1.01. The molecule has 0 bridgehead atoms. The van der Waals surface area contributed by atoms with E-state index in [1.165, 1.54) is 5.01 Å². The molecule has 5 heteroatoms. The Kier molecular flexibility index (Phi) is 2.01. The summed E-state index contributed by atoms with van der Waals surface area (Å²) in [6, 6.07) is 13.5. The largest absolute Gasteiger partial charge is 0.277 e. The summed E-state index contributed by atoms with van der Waals surface area (Å²) < 4.78 is 24.7. The van der Waals surface area contributed by atoms with Gasteiger partial charge < -0.3 is 0 Å².